The second-order valence-electron chi connectivity index (χ2n) is 16.8. The molecule has 12 nitrogen and oxygen atoms in total. The molecule has 0 spiro atoms. The Morgan fingerprint density at radius 2 is 1.41 bits per heavy atom. The smallest absolute Gasteiger partial charge is 0.261 e. The third-order valence-corrected chi connectivity index (χ3v) is 13.4. The molecule has 0 aromatic heterocycles. The number of aliphatic imine (C=N–C) groups is 1. The third-order valence-electron chi connectivity index (χ3n) is 12.1. The lowest BCUT2D eigenvalue weighted by Gasteiger charge is -2.23. The molecule has 2 N–H and O–H groups in total. The Morgan fingerprint density at radius 3 is 2.10 bits per heavy atom. The van der Waals surface area contributed by atoms with E-state index in [9.17, 15) is 14.4 Å². The molecular weight excluding hydrogens is 815 g/mol. The van der Waals surface area contributed by atoms with Gasteiger partial charge < -0.3 is 34.5 Å². The van der Waals surface area contributed by atoms with Crippen LogP contribution in [0.25, 0.3) is 0 Å². The molecule has 0 aliphatic carbocycles. The van der Waals surface area contributed by atoms with E-state index >= 15 is 0 Å². The molecule has 0 saturated carbocycles. The quantitative estimate of drug-likeness (QED) is 0.112. The fraction of sp³-hybridized carbons (Fsp3) is 0.320. The van der Waals surface area contributed by atoms with Gasteiger partial charge in [0, 0.05) is 59.5 Å². The van der Waals surface area contributed by atoms with Crippen LogP contribution < -0.4 is 39.4 Å². The lowest BCUT2D eigenvalue weighted by Crippen LogP contribution is -2.39. The van der Waals surface area contributed by atoms with Crippen LogP contribution in [-0.4, -0.2) is 67.3 Å². The molecule has 324 valence electrons. The molecule has 0 unspecified atom stereocenters. The number of fused-ring (bicyclic) bond motifs is 8. The zero-order chi connectivity index (χ0) is 43.8. The number of amides is 3. The Balaban J connectivity index is 0.968. The standard InChI is InChI=1S/C50H51N5O7S/c1-6-63-50(2,3)16-15-47(56)53-34-18-30(28-61-45-24-39-37(22-43(45)59-4)48(57)54-35(26-51-39)20-32-11-7-9-13-41(32)54)17-31(19-34)29-62-46-25-40-38(23-44(46)60-5)49(58)55-36(27-52-40)21-33-12-8-10-14-42(33)55/h7-14,17-19,22-26,35-36,52H,6,15-16,20-21,27-29H2,1-5H3,(H,53,56)/t35-,36-/m0/s1. The van der Waals surface area contributed by atoms with Gasteiger partial charge in [0.25, 0.3) is 11.8 Å². The van der Waals surface area contributed by atoms with Gasteiger partial charge in [0.15, 0.2) is 23.0 Å². The first-order valence-electron chi connectivity index (χ1n) is 21.4. The zero-order valence-corrected chi connectivity index (χ0v) is 37.0. The summed E-state index contributed by atoms with van der Waals surface area (Å²) in [5, 5.41) is 6.61. The molecule has 0 saturated heterocycles. The Morgan fingerprint density at radius 1 is 0.794 bits per heavy atom. The van der Waals surface area contributed by atoms with Gasteiger partial charge >= 0.3 is 0 Å². The predicted molar refractivity (Wildman–Crippen MR) is 249 cm³/mol. The van der Waals surface area contributed by atoms with Crippen molar-refractivity contribution >= 4 is 64.1 Å². The molecule has 2 atom stereocenters. The van der Waals surface area contributed by atoms with E-state index in [2.05, 4.69) is 37.5 Å². The van der Waals surface area contributed by atoms with E-state index in [4.69, 9.17) is 23.9 Å². The number of methoxy groups -OCH3 is 2. The van der Waals surface area contributed by atoms with E-state index in [0.717, 1.165) is 52.2 Å². The largest absolute Gasteiger partial charge is 0.493 e. The molecule has 5 aromatic rings. The summed E-state index contributed by atoms with van der Waals surface area (Å²) in [6.07, 6.45) is 4.39. The summed E-state index contributed by atoms with van der Waals surface area (Å²) in [5.74, 6) is 2.37. The first-order valence-corrected chi connectivity index (χ1v) is 22.4. The van der Waals surface area contributed by atoms with Crippen LogP contribution >= 0.6 is 11.8 Å². The number of hydrogen-bond acceptors (Lipinski definition) is 10. The number of nitrogens with one attached hydrogen (secondary N) is 2. The monoisotopic (exact) mass is 865 g/mol. The van der Waals surface area contributed by atoms with Gasteiger partial charge in [0.2, 0.25) is 5.91 Å². The van der Waals surface area contributed by atoms with Crippen molar-refractivity contribution in [2.24, 2.45) is 4.99 Å². The summed E-state index contributed by atoms with van der Waals surface area (Å²) in [4.78, 5) is 49.9. The molecule has 0 radical (unpaired) electrons. The fourth-order valence-electron chi connectivity index (χ4n) is 9.03. The van der Waals surface area contributed by atoms with Gasteiger partial charge in [-0.1, -0.05) is 57.2 Å². The number of thioether (sulfide) groups is 1. The van der Waals surface area contributed by atoms with Gasteiger partial charge in [-0.3, -0.25) is 24.3 Å². The third kappa shape index (κ3) is 8.41. The molecule has 4 aliphatic heterocycles. The summed E-state index contributed by atoms with van der Waals surface area (Å²) in [7, 11) is 3.10. The van der Waals surface area contributed by atoms with Crippen molar-refractivity contribution < 1.29 is 33.3 Å². The van der Waals surface area contributed by atoms with Gasteiger partial charge in [-0.2, -0.15) is 11.8 Å². The Kier molecular flexibility index (Phi) is 11.5. The van der Waals surface area contributed by atoms with Crippen LogP contribution in [0.4, 0.5) is 28.4 Å². The first kappa shape index (κ1) is 41.9. The van der Waals surface area contributed by atoms with E-state index in [1.807, 2.05) is 89.6 Å². The molecule has 13 heteroatoms. The topological polar surface area (TPSA) is 131 Å². The van der Waals surface area contributed by atoms with E-state index in [1.54, 1.807) is 37.3 Å². The van der Waals surface area contributed by atoms with E-state index in [0.29, 0.717) is 70.6 Å². The average molecular weight is 866 g/mol. The van der Waals surface area contributed by atoms with Crippen molar-refractivity contribution in [3.8, 4) is 23.0 Å². The minimum Gasteiger partial charge on any atom is -0.493 e. The highest BCUT2D eigenvalue weighted by Gasteiger charge is 2.39. The van der Waals surface area contributed by atoms with Crippen LogP contribution in [0.5, 0.6) is 23.0 Å². The maximum absolute atomic E-state index is 14.0. The molecular formula is C50H51N5O7S. The van der Waals surface area contributed by atoms with Gasteiger partial charge in [-0.05, 0) is 83.3 Å². The maximum Gasteiger partial charge on any atom is 0.261 e. The maximum atomic E-state index is 14.0. The molecule has 4 heterocycles. The van der Waals surface area contributed by atoms with E-state index in [1.165, 1.54) is 0 Å². The molecule has 5 aromatic carbocycles. The normalized spacial score (nSPS) is 17.0. The molecule has 9 rings (SSSR count). The molecule has 63 heavy (non-hydrogen) atoms. The average Bonchev–Trinajstić information content (AvgIpc) is 3.77. The van der Waals surface area contributed by atoms with E-state index < -0.39 is 0 Å². The van der Waals surface area contributed by atoms with Gasteiger partial charge in [-0.15, -0.1) is 0 Å². The molecule has 0 fully saturated rings. The minimum atomic E-state index is -0.187. The van der Waals surface area contributed by atoms with Crippen molar-refractivity contribution in [1.29, 1.82) is 0 Å². The zero-order valence-electron chi connectivity index (χ0n) is 36.2. The van der Waals surface area contributed by atoms with Gasteiger partial charge in [-0.25, -0.2) is 0 Å². The predicted octanol–water partition coefficient (Wildman–Crippen LogP) is 9.40. The van der Waals surface area contributed by atoms with Crippen LogP contribution in [0.3, 0.4) is 0 Å². The summed E-state index contributed by atoms with van der Waals surface area (Å²) in [5.41, 5.74) is 8.35. The van der Waals surface area contributed by atoms with Gasteiger partial charge in [0.05, 0.1) is 48.8 Å². The summed E-state index contributed by atoms with van der Waals surface area (Å²) in [6, 6.07) is 28.5. The van der Waals surface area contributed by atoms with Crippen molar-refractivity contribution in [3.05, 3.63) is 124 Å². The van der Waals surface area contributed by atoms with Crippen molar-refractivity contribution in [2.45, 2.75) is 76.5 Å². The highest BCUT2D eigenvalue weighted by molar-refractivity contribution is 8.00. The van der Waals surface area contributed by atoms with Crippen LogP contribution in [0.15, 0.2) is 96.0 Å². The Hall–Kier alpha value is -6.47. The second-order valence-corrected chi connectivity index (χ2v) is 18.8. The number of carbonyl (C=O) groups is 3. The number of hydrogen-bond donors (Lipinski definition) is 2. The van der Waals surface area contributed by atoms with Crippen LogP contribution in [0.2, 0.25) is 0 Å². The minimum absolute atomic E-state index is 0.00964. The lowest BCUT2D eigenvalue weighted by atomic mass is 10.1. The number of benzene rings is 5. The summed E-state index contributed by atoms with van der Waals surface area (Å²) in [6.45, 7) is 7.27. The lowest BCUT2D eigenvalue weighted by molar-refractivity contribution is -0.116. The number of nitrogens with zero attached hydrogens (tertiary/aromatic N) is 3. The number of carbonyl (C=O) groups excluding carboxylic acids is 3. The number of ether oxygens (including phenoxy) is 4. The number of para-hydroxylation sites is 2. The highest BCUT2D eigenvalue weighted by Crippen LogP contribution is 2.43. The highest BCUT2D eigenvalue weighted by atomic mass is 32.2. The van der Waals surface area contributed by atoms with Crippen LogP contribution in [0.1, 0.15) is 76.6 Å². The Bertz CT molecular complexity index is 2650. The summed E-state index contributed by atoms with van der Waals surface area (Å²) < 4.78 is 24.4. The fourth-order valence-corrected chi connectivity index (χ4v) is 10.1. The first-order chi connectivity index (χ1) is 30.5. The molecule has 4 aliphatic rings. The van der Waals surface area contributed by atoms with Crippen molar-refractivity contribution in [3.63, 3.8) is 0 Å². The summed E-state index contributed by atoms with van der Waals surface area (Å²) >= 11 is 1.84. The van der Waals surface area contributed by atoms with Crippen LogP contribution in [-0.2, 0) is 30.8 Å². The van der Waals surface area contributed by atoms with Gasteiger partial charge in [0.1, 0.15) is 13.2 Å². The van der Waals surface area contributed by atoms with Crippen molar-refractivity contribution in [1.82, 2.24) is 0 Å². The van der Waals surface area contributed by atoms with Crippen molar-refractivity contribution in [2.75, 3.05) is 47.0 Å². The number of rotatable bonds is 14. The van der Waals surface area contributed by atoms with E-state index in [-0.39, 0.29) is 47.8 Å². The number of anilines is 4. The second kappa shape index (κ2) is 17.4. The molecule has 3 amide bonds. The molecule has 0 bridgehead atoms. The SMILES string of the molecule is CCSC(C)(C)CCC(=O)Nc1cc(COc2cc3c(cc2OC)C(=O)N2c4ccccc4C[C@H]2C=N3)cc(COc2cc3c(cc2OC)C(=O)N2c4ccccc4C[C@H]2CN3)c1. The van der Waals surface area contributed by atoms with Crippen LogP contribution in [0, 0.1) is 0 Å². The Labute approximate surface area is 372 Å².